The van der Waals surface area contributed by atoms with Crippen LogP contribution in [-0.4, -0.2) is 20.5 Å². The minimum Gasteiger partial charge on any atom is -0.480 e. The van der Waals surface area contributed by atoms with E-state index >= 15 is 0 Å². The van der Waals surface area contributed by atoms with Gasteiger partial charge in [0, 0.05) is 20.3 Å². The third-order valence-electron chi connectivity index (χ3n) is 2.44. The molecule has 100 valence electrons. The van der Waals surface area contributed by atoms with Crippen LogP contribution in [0.25, 0.3) is 0 Å². The van der Waals surface area contributed by atoms with Gasteiger partial charge in [0.2, 0.25) is 0 Å². The minimum atomic E-state index is -1.49. The largest absolute Gasteiger partial charge is 0.480 e. The van der Waals surface area contributed by atoms with Gasteiger partial charge in [-0.2, -0.15) is 0 Å². The van der Waals surface area contributed by atoms with Crippen molar-refractivity contribution in [2.45, 2.75) is 24.9 Å². The summed E-state index contributed by atoms with van der Waals surface area (Å²) >= 11 is 9.31. The molecular formula is C12H14BrClO3S. The van der Waals surface area contributed by atoms with Crippen LogP contribution in [0.4, 0.5) is 0 Å². The fourth-order valence-electron chi connectivity index (χ4n) is 1.58. The number of carboxylic acids is 1. The summed E-state index contributed by atoms with van der Waals surface area (Å²) in [5, 5.41) is 8.69. The van der Waals surface area contributed by atoms with Crippen LogP contribution < -0.4 is 0 Å². The molecule has 0 saturated heterocycles. The van der Waals surface area contributed by atoms with E-state index in [1.165, 1.54) is 0 Å². The molecule has 18 heavy (non-hydrogen) atoms. The highest BCUT2D eigenvalue weighted by molar-refractivity contribution is 9.10. The zero-order valence-electron chi connectivity index (χ0n) is 10.0. The Morgan fingerprint density at radius 3 is 2.56 bits per heavy atom. The first-order valence-electron chi connectivity index (χ1n) is 5.37. The second kappa shape index (κ2) is 6.68. The van der Waals surface area contributed by atoms with Gasteiger partial charge in [0.05, 0.1) is 5.75 Å². The summed E-state index contributed by atoms with van der Waals surface area (Å²) in [6, 6.07) is 5.26. The molecule has 0 aliphatic rings. The quantitative estimate of drug-likeness (QED) is 0.882. The second-order valence-corrected chi connectivity index (χ2v) is 7.14. The summed E-state index contributed by atoms with van der Waals surface area (Å²) in [6.45, 7) is 3.50. The predicted octanol–water partition coefficient (Wildman–Crippen LogP) is 3.46. The van der Waals surface area contributed by atoms with Gasteiger partial charge in [-0.05, 0) is 23.6 Å². The smallest absolute Gasteiger partial charge is 0.319 e. The monoisotopic (exact) mass is 352 g/mol. The fraction of sp³-hybridized carbons (Fsp3) is 0.417. The molecule has 2 atom stereocenters. The van der Waals surface area contributed by atoms with Crippen LogP contribution in [0.15, 0.2) is 22.7 Å². The van der Waals surface area contributed by atoms with Crippen molar-refractivity contribution in [2.24, 2.45) is 5.92 Å². The van der Waals surface area contributed by atoms with E-state index in [4.69, 9.17) is 16.7 Å². The van der Waals surface area contributed by atoms with Crippen LogP contribution in [0.1, 0.15) is 19.4 Å². The van der Waals surface area contributed by atoms with Gasteiger partial charge in [-0.1, -0.05) is 47.4 Å². The molecule has 0 radical (unpaired) electrons. The van der Waals surface area contributed by atoms with E-state index in [9.17, 15) is 9.00 Å². The fourth-order valence-corrected chi connectivity index (χ4v) is 3.97. The van der Waals surface area contributed by atoms with Gasteiger partial charge in [-0.3, -0.25) is 9.00 Å². The van der Waals surface area contributed by atoms with Crippen LogP contribution >= 0.6 is 27.5 Å². The van der Waals surface area contributed by atoms with E-state index in [0.29, 0.717) is 10.6 Å². The first-order chi connectivity index (χ1) is 8.32. The maximum atomic E-state index is 12.1. The van der Waals surface area contributed by atoms with Gasteiger partial charge < -0.3 is 5.11 Å². The number of hydrogen-bond donors (Lipinski definition) is 1. The Kier molecular flexibility index (Phi) is 5.82. The Labute approximate surface area is 122 Å². The molecule has 1 N–H and O–H groups in total. The first-order valence-corrected chi connectivity index (χ1v) is 7.92. The van der Waals surface area contributed by atoms with Crippen molar-refractivity contribution in [3.05, 3.63) is 33.3 Å². The van der Waals surface area contributed by atoms with Crippen LogP contribution in [0.3, 0.4) is 0 Å². The van der Waals surface area contributed by atoms with Crippen LogP contribution in [0.2, 0.25) is 5.02 Å². The van der Waals surface area contributed by atoms with Gasteiger partial charge in [0.15, 0.2) is 0 Å². The Balaban J connectivity index is 2.89. The molecule has 0 aliphatic heterocycles. The number of aliphatic carboxylic acids is 1. The zero-order valence-corrected chi connectivity index (χ0v) is 13.2. The molecule has 6 heteroatoms. The number of halogens is 2. The highest BCUT2D eigenvalue weighted by Crippen LogP contribution is 2.24. The summed E-state index contributed by atoms with van der Waals surface area (Å²) in [4.78, 5) is 11.1. The van der Waals surface area contributed by atoms with Gasteiger partial charge in [0.1, 0.15) is 5.25 Å². The maximum absolute atomic E-state index is 12.1. The highest BCUT2D eigenvalue weighted by atomic mass is 79.9. The van der Waals surface area contributed by atoms with Crippen molar-refractivity contribution in [3.63, 3.8) is 0 Å². The summed E-state index contributed by atoms with van der Waals surface area (Å²) in [6.07, 6.45) is 0. The molecule has 2 unspecified atom stereocenters. The van der Waals surface area contributed by atoms with Crippen LogP contribution in [-0.2, 0) is 21.3 Å². The minimum absolute atomic E-state index is 0.154. The Morgan fingerprint density at radius 2 is 2.11 bits per heavy atom. The number of benzene rings is 1. The van der Waals surface area contributed by atoms with E-state index in [1.54, 1.807) is 32.0 Å². The molecule has 0 aromatic heterocycles. The summed E-state index contributed by atoms with van der Waals surface area (Å²) in [5.74, 6) is -1.06. The molecule has 3 nitrogen and oxygen atoms in total. The summed E-state index contributed by atoms with van der Waals surface area (Å²) < 4.78 is 12.9. The lowest BCUT2D eigenvalue weighted by molar-refractivity contribution is -0.137. The van der Waals surface area contributed by atoms with Gasteiger partial charge in [-0.15, -0.1) is 0 Å². The zero-order chi connectivity index (χ0) is 13.9. The van der Waals surface area contributed by atoms with Gasteiger partial charge in [-0.25, -0.2) is 0 Å². The summed E-state index contributed by atoms with van der Waals surface area (Å²) in [5.41, 5.74) is 0.699. The molecule has 0 amide bonds. The second-order valence-electron chi connectivity index (χ2n) is 4.26. The Bertz CT molecular complexity index is 476. The molecule has 1 aromatic carbocycles. The predicted molar refractivity (Wildman–Crippen MR) is 77.3 cm³/mol. The van der Waals surface area contributed by atoms with E-state index in [0.717, 1.165) is 4.47 Å². The molecule has 1 aromatic rings. The van der Waals surface area contributed by atoms with Crippen molar-refractivity contribution < 1.29 is 14.1 Å². The maximum Gasteiger partial charge on any atom is 0.319 e. The molecule has 0 saturated carbocycles. The molecule has 0 aliphatic carbocycles. The molecular weight excluding hydrogens is 340 g/mol. The Hall–Kier alpha value is -0.390. The van der Waals surface area contributed by atoms with Gasteiger partial charge in [0.25, 0.3) is 0 Å². The summed E-state index contributed by atoms with van der Waals surface area (Å²) in [7, 11) is -1.49. The SMILES string of the molecule is CC(C)C(C(=O)O)S(=O)Cc1ccc(Br)cc1Cl. The third kappa shape index (κ3) is 4.07. The average Bonchev–Trinajstić information content (AvgIpc) is 2.21. The first kappa shape index (κ1) is 15.7. The van der Waals surface area contributed by atoms with Gasteiger partial charge >= 0.3 is 5.97 Å². The van der Waals surface area contributed by atoms with Crippen LogP contribution in [0.5, 0.6) is 0 Å². The number of rotatable bonds is 5. The standard InChI is InChI=1S/C12H14BrClO3S/c1-7(2)11(12(15)16)18(17)6-8-3-4-9(13)5-10(8)14/h3-5,7,11H,6H2,1-2H3,(H,15,16). The van der Waals surface area contributed by atoms with Crippen LogP contribution in [0, 0.1) is 5.92 Å². The molecule has 0 fully saturated rings. The molecule has 1 rings (SSSR count). The highest BCUT2D eigenvalue weighted by Gasteiger charge is 2.28. The third-order valence-corrected chi connectivity index (χ3v) is 5.20. The van der Waals surface area contributed by atoms with Crippen molar-refractivity contribution in [3.8, 4) is 0 Å². The lowest BCUT2D eigenvalue weighted by Gasteiger charge is -2.16. The van der Waals surface area contributed by atoms with E-state index < -0.39 is 22.0 Å². The number of carbonyl (C=O) groups is 1. The average molecular weight is 354 g/mol. The molecule has 0 bridgehead atoms. The molecule has 0 spiro atoms. The number of carboxylic acid groups (broad SMARTS) is 1. The lowest BCUT2D eigenvalue weighted by Crippen LogP contribution is -2.31. The van der Waals surface area contributed by atoms with Crippen molar-refractivity contribution in [2.75, 3.05) is 0 Å². The normalized spacial score (nSPS) is 14.5. The van der Waals surface area contributed by atoms with E-state index in [1.807, 2.05) is 0 Å². The van der Waals surface area contributed by atoms with Crippen molar-refractivity contribution in [1.82, 2.24) is 0 Å². The lowest BCUT2D eigenvalue weighted by atomic mass is 10.1. The van der Waals surface area contributed by atoms with Crippen molar-refractivity contribution >= 4 is 44.3 Å². The topological polar surface area (TPSA) is 54.4 Å². The molecule has 0 heterocycles. The Morgan fingerprint density at radius 1 is 1.50 bits per heavy atom. The van der Waals surface area contributed by atoms with E-state index in [2.05, 4.69) is 15.9 Å². The van der Waals surface area contributed by atoms with E-state index in [-0.39, 0.29) is 11.7 Å². The number of hydrogen-bond acceptors (Lipinski definition) is 2. The van der Waals surface area contributed by atoms with Crippen molar-refractivity contribution in [1.29, 1.82) is 0 Å².